The molecule has 1 heterocycles. The van der Waals surface area contributed by atoms with Crippen molar-refractivity contribution in [2.24, 2.45) is 0 Å². The van der Waals surface area contributed by atoms with Crippen LogP contribution in [0.4, 0.5) is 4.79 Å². The molecule has 7 heteroatoms. The third-order valence-corrected chi connectivity index (χ3v) is 3.50. The summed E-state index contributed by atoms with van der Waals surface area (Å²) in [6.07, 6.45) is 2.33. The molecule has 1 fully saturated rings. The van der Waals surface area contributed by atoms with Gasteiger partial charge in [0.2, 0.25) is 0 Å². The minimum Gasteiger partial charge on any atom is -0.481 e. The predicted octanol–water partition coefficient (Wildman–Crippen LogP) is 2.32. The summed E-state index contributed by atoms with van der Waals surface area (Å²) in [4.78, 5) is 22.0. The van der Waals surface area contributed by atoms with E-state index >= 15 is 0 Å². The molecule has 0 spiro atoms. The third-order valence-electron chi connectivity index (χ3n) is 3.50. The Bertz CT molecular complexity index is 502. The molecule has 0 radical (unpaired) electrons. The van der Waals surface area contributed by atoms with Crippen molar-refractivity contribution in [2.45, 2.75) is 51.4 Å². The minimum absolute atomic E-state index is 0.131. The molecule has 0 aliphatic carbocycles. The number of aliphatic carboxylic acids is 1. The third kappa shape index (κ3) is 10.4. The average molecular weight is 353 g/mol. The van der Waals surface area contributed by atoms with Crippen LogP contribution in [0.3, 0.4) is 0 Å². The van der Waals surface area contributed by atoms with Crippen LogP contribution in [0.25, 0.3) is 0 Å². The van der Waals surface area contributed by atoms with Gasteiger partial charge in [0.25, 0.3) is 0 Å². The fourth-order valence-electron chi connectivity index (χ4n) is 2.35. The van der Waals surface area contributed by atoms with Crippen LogP contribution in [0.2, 0.25) is 0 Å². The highest BCUT2D eigenvalue weighted by atomic mass is 16.6. The number of carbonyl (C=O) groups is 2. The van der Waals surface area contributed by atoms with E-state index in [4.69, 9.17) is 19.7 Å². The molecule has 1 aromatic carbocycles. The lowest BCUT2D eigenvalue weighted by atomic mass is 10.0. The summed E-state index contributed by atoms with van der Waals surface area (Å²) in [5.74, 6) is -0.951. The van der Waals surface area contributed by atoms with Crippen molar-refractivity contribution >= 4 is 12.1 Å². The zero-order valence-corrected chi connectivity index (χ0v) is 14.5. The Morgan fingerprint density at radius 2 is 2.04 bits per heavy atom. The Hall–Kier alpha value is -2.12. The maximum absolute atomic E-state index is 11.3. The van der Waals surface area contributed by atoms with Crippen LogP contribution >= 0.6 is 0 Å². The standard InChI is InChI=1S/C13H17NO4.C5H10O2/c1-2-18-13(17)14-11(9-12(15)16)8-10-6-4-3-5-7-10;6-5-3-1-2-4-7-5/h3-7,11H,2,8-9H2,1H3,(H,14,17)(H,15,16);5-6H,1-4H2/t11-;/m0./s1. The summed E-state index contributed by atoms with van der Waals surface area (Å²) in [7, 11) is 0. The lowest BCUT2D eigenvalue weighted by Gasteiger charge is -2.16. The van der Waals surface area contributed by atoms with Crippen molar-refractivity contribution < 1.29 is 29.3 Å². The molecule has 1 unspecified atom stereocenters. The van der Waals surface area contributed by atoms with Gasteiger partial charge < -0.3 is 25.0 Å². The molecule has 0 bridgehead atoms. The smallest absolute Gasteiger partial charge is 0.407 e. The zero-order valence-electron chi connectivity index (χ0n) is 14.5. The lowest BCUT2D eigenvalue weighted by Crippen LogP contribution is -2.38. The van der Waals surface area contributed by atoms with Crippen molar-refractivity contribution in [3.05, 3.63) is 35.9 Å². The summed E-state index contributed by atoms with van der Waals surface area (Å²) in [6, 6.07) is 8.94. The van der Waals surface area contributed by atoms with E-state index in [9.17, 15) is 9.59 Å². The second-order valence-electron chi connectivity index (χ2n) is 5.67. The second kappa shape index (κ2) is 12.3. The number of alkyl carbamates (subject to hydrolysis) is 1. The molecule has 7 nitrogen and oxygen atoms in total. The number of amides is 1. The lowest BCUT2D eigenvalue weighted by molar-refractivity contribution is -0.137. The van der Waals surface area contributed by atoms with Crippen LogP contribution in [0, 0.1) is 0 Å². The van der Waals surface area contributed by atoms with E-state index < -0.39 is 24.4 Å². The summed E-state index contributed by atoms with van der Waals surface area (Å²) >= 11 is 0. The summed E-state index contributed by atoms with van der Waals surface area (Å²) in [6.45, 7) is 2.70. The molecular formula is C18H27NO6. The van der Waals surface area contributed by atoms with Gasteiger partial charge >= 0.3 is 12.1 Å². The van der Waals surface area contributed by atoms with E-state index in [-0.39, 0.29) is 13.0 Å². The first-order valence-corrected chi connectivity index (χ1v) is 8.50. The molecule has 1 aromatic rings. The van der Waals surface area contributed by atoms with Crippen molar-refractivity contribution in [1.82, 2.24) is 5.32 Å². The van der Waals surface area contributed by atoms with Gasteiger partial charge in [-0.25, -0.2) is 4.79 Å². The highest BCUT2D eigenvalue weighted by Gasteiger charge is 2.17. The van der Waals surface area contributed by atoms with Gasteiger partial charge in [-0.1, -0.05) is 30.3 Å². The van der Waals surface area contributed by atoms with Crippen molar-refractivity contribution in [3.63, 3.8) is 0 Å². The number of hydrogen-bond donors (Lipinski definition) is 3. The Kier molecular flexibility index (Phi) is 10.3. The number of rotatable bonds is 6. The number of carbonyl (C=O) groups excluding carboxylic acids is 1. The first kappa shape index (κ1) is 20.9. The molecule has 0 aromatic heterocycles. The summed E-state index contributed by atoms with van der Waals surface area (Å²) < 4.78 is 9.58. The Balaban J connectivity index is 0.000000370. The van der Waals surface area contributed by atoms with Gasteiger partial charge in [0, 0.05) is 12.6 Å². The van der Waals surface area contributed by atoms with Crippen LogP contribution in [0.1, 0.15) is 38.2 Å². The Labute approximate surface area is 147 Å². The van der Waals surface area contributed by atoms with Crippen LogP contribution in [-0.2, 0) is 20.7 Å². The normalized spacial score (nSPS) is 17.6. The van der Waals surface area contributed by atoms with Gasteiger partial charge in [0.1, 0.15) is 0 Å². The molecule has 2 rings (SSSR count). The molecule has 3 N–H and O–H groups in total. The van der Waals surface area contributed by atoms with Gasteiger partial charge in [-0.15, -0.1) is 0 Å². The van der Waals surface area contributed by atoms with Crippen molar-refractivity contribution in [2.75, 3.05) is 13.2 Å². The predicted molar refractivity (Wildman–Crippen MR) is 92.2 cm³/mol. The first-order valence-electron chi connectivity index (χ1n) is 8.50. The molecule has 1 amide bonds. The number of hydrogen-bond acceptors (Lipinski definition) is 5. The number of nitrogens with one attached hydrogen (secondary N) is 1. The highest BCUT2D eigenvalue weighted by molar-refractivity contribution is 5.71. The number of aliphatic hydroxyl groups excluding tert-OH is 1. The quantitative estimate of drug-likeness (QED) is 0.725. The largest absolute Gasteiger partial charge is 0.481 e. The zero-order chi connectivity index (χ0) is 18.5. The summed E-state index contributed by atoms with van der Waals surface area (Å²) in [5.41, 5.74) is 0.973. The SMILES string of the molecule is CCOC(=O)N[C@H](CC(=O)O)Cc1ccccc1.OC1CCCCO1. The second-order valence-corrected chi connectivity index (χ2v) is 5.67. The van der Waals surface area contributed by atoms with E-state index in [1.165, 1.54) is 0 Å². The molecule has 1 aliphatic heterocycles. The minimum atomic E-state index is -0.951. The van der Waals surface area contributed by atoms with Gasteiger partial charge in [-0.3, -0.25) is 4.79 Å². The van der Waals surface area contributed by atoms with Gasteiger partial charge in [-0.2, -0.15) is 0 Å². The van der Waals surface area contributed by atoms with E-state index in [1.54, 1.807) is 6.92 Å². The van der Waals surface area contributed by atoms with Gasteiger partial charge in [-0.05, 0) is 38.2 Å². The molecular weight excluding hydrogens is 326 g/mol. The number of carboxylic acid groups (broad SMARTS) is 1. The number of carboxylic acids is 1. The number of aliphatic hydroxyl groups is 1. The van der Waals surface area contributed by atoms with E-state index in [2.05, 4.69) is 5.32 Å². The van der Waals surface area contributed by atoms with Crippen molar-refractivity contribution in [3.8, 4) is 0 Å². The molecule has 2 atom stereocenters. The van der Waals surface area contributed by atoms with Crippen LogP contribution in [0.5, 0.6) is 0 Å². The molecule has 1 saturated heterocycles. The number of ether oxygens (including phenoxy) is 2. The van der Waals surface area contributed by atoms with E-state index in [0.717, 1.165) is 31.4 Å². The van der Waals surface area contributed by atoms with Crippen LogP contribution in [-0.4, -0.2) is 47.8 Å². The van der Waals surface area contributed by atoms with Crippen LogP contribution < -0.4 is 5.32 Å². The average Bonchev–Trinajstić information content (AvgIpc) is 2.56. The number of benzene rings is 1. The fourth-order valence-corrected chi connectivity index (χ4v) is 2.35. The maximum Gasteiger partial charge on any atom is 0.407 e. The van der Waals surface area contributed by atoms with E-state index in [1.807, 2.05) is 30.3 Å². The van der Waals surface area contributed by atoms with Crippen molar-refractivity contribution in [1.29, 1.82) is 0 Å². The highest BCUT2D eigenvalue weighted by Crippen LogP contribution is 2.09. The van der Waals surface area contributed by atoms with Gasteiger partial charge in [0.05, 0.1) is 13.0 Å². The van der Waals surface area contributed by atoms with Crippen LogP contribution in [0.15, 0.2) is 30.3 Å². The fraction of sp³-hybridized carbons (Fsp3) is 0.556. The molecule has 140 valence electrons. The monoisotopic (exact) mass is 353 g/mol. The van der Waals surface area contributed by atoms with Gasteiger partial charge in [0.15, 0.2) is 6.29 Å². The Morgan fingerprint density at radius 1 is 1.32 bits per heavy atom. The topological polar surface area (TPSA) is 105 Å². The first-order chi connectivity index (χ1) is 12.0. The van der Waals surface area contributed by atoms with E-state index in [0.29, 0.717) is 6.42 Å². The molecule has 1 aliphatic rings. The summed E-state index contributed by atoms with van der Waals surface area (Å²) in [5, 5.41) is 20.1. The Morgan fingerprint density at radius 3 is 2.52 bits per heavy atom. The molecule has 25 heavy (non-hydrogen) atoms. The maximum atomic E-state index is 11.3. The molecule has 0 saturated carbocycles.